The Labute approximate surface area is 349 Å². The highest BCUT2D eigenvalue weighted by molar-refractivity contribution is 5.70. The van der Waals surface area contributed by atoms with Crippen molar-refractivity contribution >= 4 is 17.9 Å². The molecule has 0 amide bonds. The van der Waals surface area contributed by atoms with E-state index in [1.807, 2.05) is 0 Å². The van der Waals surface area contributed by atoms with E-state index in [4.69, 9.17) is 14.2 Å². The van der Waals surface area contributed by atoms with Crippen LogP contribution >= 0.6 is 0 Å². The first-order valence-corrected chi connectivity index (χ1v) is 22.9. The van der Waals surface area contributed by atoms with Gasteiger partial charge in [0.15, 0.2) is 6.10 Å². The number of likely N-dealkylation sites (N-methyl/N-ethyl adjacent to an activating group) is 1. The zero-order chi connectivity index (χ0) is 42.1. The molecule has 8 heteroatoms. The first-order chi connectivity index (χ1) is 27.6. The number of ether oxygens (including phenoxy) is 3. The second kappa shape index (κ2) is 39.8. The number of rotatable bonds is 40. The van der Waals surface area contributed by atoms with Crippen molar-refractivity contribution in [1.29, 1.82) is 0 Å². The van der Waals surface area contributed by atoms with Crippen LogP contribution in [0.4, 0.5) is 0 Å². The molecule has 0 aliphatic heterocycles. The van der Waals surface area contributed by atoms with Crippen molar-refractivity contribution in [3.63, 3.8) is 0 Å². The smallest absolute Gasteiger partial charge is 0.306 e. The largest absolute Gasteiger partial charge is 0.544 e. The molecule has 0 rings (SSSR count). The zero-order valence-corrected chi connectivity index (χ0v) is 37.2. The van der Waals surface area contributed by atoms with Gasteiger partial charge in [-0.1, -0.05) is 158 Å². The molecule has 0 aromatic rings. The topological polar surface area (TPSA) is 102 Å². The van der Waals surface area contributed by atoms with Crippen molar-refractivity contribution in [2.24, 2.45) is 0 Å². The van der Waals surface area contributed by atoms with Crippen LogP contribution in [0.2, 0.25) is 0 Å². The first kappa shape index (κ1) is 54.0. The second-order valence-electron chi connectivity index (χ2n) is 16.4. The van der Waals surface area contributed by atoms with Crippen LogP contribution in [0.5, 0.6) is 0 Å². The highest BCUT2D eigenvalue weighted by atomic mass is 16.6. The van der Waals surface area contributed by atoms with Crippen LogP contribution in [0, 0.1) is 0 Å². The summed E-state index contributed by atoms with van der Waals surface area (Å²) in [4.78, 5) is 36.9. The van der Waals surface area contributed by atoms with Crippen LogP contribution in [-0.4, -0.2) is 75.5 Å². The number of allylic oxidation sites excluding steroid dienone is 10. The van der Waals surface area contributed by atoms with Crippen LogP contribution in [0.25, 0.3) is 0 Å². The Morgan fingerprint density at radius 2 is 0.930 bits per heavy atom. The number of nitrogens with zero attached hydrogens (tertiary/aromatic N) is 1. The number of unbranched alkanes of at least 4 members (excludes halogenated alkanes) is 19. The quantitative estimate of drug-likeness (QED) is 0.0263. The summed E-state index contributed by atoms with van der Waals surface area (Å²) >= 11 is 0. The minimum atomic E-state index is -1.13. The number of carbonyl (C=O) groups excluding carboxylic acids is 3. The molecule has 0 N–H and O–H groups in total. The van der Waals surface area contributed by atoms with Crippen molar-refractivity contribution in [3.8, 4) is 0 Å². The molecule has 0 saturated heterocycles. The number of esters is 2. The summed E-state index contributed by atoms with van der Waals surface area (Å²) in [6.07, 6.45) is 48.1. The van der Waals surface area contributed by atoms with E-state index < -0.39 is 18.1 Å². The van der Waals surface area contributed by atoms with Gasteiger partial charge in [0.1, 0.15) is 12.6 Å². The minimum Gasteiger partial charge on any atom is -0.544 e. The third-order valence-electron chi connectivity index (χ3n) is 9.97. The van der Waals surface area contributed by atoms with E-state index in [1.54, 1.807) is 21.1 Å². The lowest BCUT2D eigenvalue weighted by Crippen LogP contribution is -2.55. The Morgan fingerprint density at radius 1 is 0.526 bits per heavy atom. The van der Waals surface area contributed by atoms with E-state index in [0.717, 1.165) is 83.5 Å². The number of carboxylic acids is 1. The highest BCUT2D eigenvalue weighted by Gasteiger charge is 2.25. The Bertz CT molecular complexity index is 1120. The molecule has 0 saturated carbocycles. The Hall–Kier alpha value is -2.97. The third kappa shape index (κ3) is 38.3. The molecular weight excluding hydrogens is 715 g/mol. The van der Waals surface area contributed by atoms with E-state index >= 15 is 0 Å². The van der Waals surface area contributed by atoms with Gasteiger partial charge in [0.25, 0.3) is 0 Å². The Balaban J connectivity index is 4.41. The SMILES string of the molecule is CCCCC/C=C/C=C/CCCCCCCCC(=O)OCC(COCCC(C(=O)[O-])[N+](C)(C)C)OC(=O)CCCCCCC/C=C/C=C/C=C/CCCCCCC. The predicted molar refractivity (Wildman–Crippen MR) is 236 cm³/mol. The van der Waals surface area contributed by atoms with Gasteiger partial charge in [0, 0.05) is 19.3 Å². The second-order valence-corrected chi connectivity index (χ2v) is 16.4. The maximum Gasteiger partial charge on any atom is 0.306 e. The monoisotopic (exact) mass is 800 g/mol. The summed E-state index contributed by atoms with van der Waals surface area (Å²) < 4.78 is 17.1. The molecule has 0 aromatic heterocycles. The van der Waals surface area contributed by atoms with Crippen molar-refractivity contribution in [2.45, 2.75) is 193 Å². The van der Waals surface area contributed by atoms with Gasteiger partial charge in [-0.05, 0) is 64.2 Å². The Morgan fingerprint density at radius 3 is 1.40 bits per heavy atom. The normalized spacial score (nSPS) is 13.5. The number of quaternary nitrogens is 1. The van der Waals surface area contributed by atoms with Gasteiger partial charge < -0.3 is 28.6 Å². The highest BCUT2D eigenvalue weighted by Crippen LogP contribution is 2.13. The van der Waals surface area contributed by atoms with E-state index in [1.165, 1.54) is 64.2 Å². The minimum absolute atomic E-state index is 0.0263. The molecule has 328 valence electrons. The zero-order valence-electron chi connectivity index (χ0n) is 37.2. The van der Waals surface area contributed by atoms with Crippen LogP contribution in [0.1, 0.15) is 181 Å². The maximum absolute atomic E-state index is 12.7. The lowest BCUT2D eigenvalue weighted by atomic mass is 10.1. The summed E-state index contributed by atoms with van der Waals surface area (Å²) in [5, 5.41) is 11.6. The van der Waals surface area contributed by atoms with E-state index in [0.29, 0.717) is 12.8 Å². The fourth-order valence-electron chi connectivity index (χ4n) is 6.36. The van der Waals surface area contributed by atoms with Gasteiger partial charge in [-0.2, -0.15) is 0 Å². The number of carboxylic acid groups (broad SMARTS) is 1. The van der Waals surface area contributed by atoms with E-state index in [-0.39, 0.29) is 42.7 Å². The molecule has 0 radical (unpaired) electrons. The average Bonchev–Trinajstić information content (AvgIpc) is 3.17. The first-order valence-electron chi connectivity index (χ1n) is 22.9. The van der Waals surface area contributed by atoms with Crippen molar-refractivity contribution in [1.82, 2.24) is 0 Å². The molecular formula is C49H85NO7. The standard InChI is InChI=1S/C49H85NO7/c1-6-8-10-12-14-16-18-20-22-23-24-26-28-30-32-34-36-38-40-48(52)57-45(43-55-42-41-46(49(53)54)50(3,4)5)44-56-47(51)39-37-35-33-31-29-27-25-21-19-17-15-13-11-9-7-2/h15,17-24,26,45-46H,6-14,16,25,27-44H2,1-5H3/b17-15+,20-18+,21-19+,23-22+,26-24+. The van der Waals surface area contributed by atoms with Crippen LogP contribution in [0.15, 0.2) is 60.8 Å². The van der Waals surface area contributed by atoms with Crippen molar-refractivity contribution in [3.05, 3.63) is 60.8 Å². The van der Waals surface area contributed by atoms with Crippen LogP contribution < -0.4 is 5.11 Å². The molecule has 0 bridgehead atoms. The van der Waals surface area contributed by atoms with Crippen molar-refractivity contribution < 1.29 is 38.2 Å². The van der Waals surface area contributed by atoms with Gasteiger partial charge in [-0.15, -0.1) is 0 Å². The molecule has 0 aliphatic rings. The van der Waals surface area contributed by atoms with Crippen LogP contribution in [0.3, 0.4) is 0 Å². The lowest BCUT2D eigenvalue weighted by molar-refractivity contribution is -0.889. The fourth-order valence-corrected chi connectivity index (χ4v) is 6.36. The maximum atomic E-state index is 12.7. The molecule has 0 spiro atoms. The van der Waals surface area contributed by atoms with E-state index in [9.17, 15) is 19.5 Å². The summed E-state index contributed by atoms with van der Waals surface area (Å²) in [5.74, 6) is -1.78. The molecule has 8 nitrogen and oxygen atoms in total. The molecule has 0 fully saturated rings. The van der Waals surface area contributed by atoms with Gasteiger partial charge in [0.05, 0.1) is 40.3 Å². The number of carbonyl (C=O) groups is 3. The molecule has 2 unspecified atom stereocenters. The fraction of sp³-hybridized carbons (Fsp3) is 0.735. The van der Waals surface area contributed by atoms with Crippen molar-refractivity contribution in [2.75, 3.05) is 41.0 Å². The summed E-state index contributed by atoms with van der Waals surface area (Å²) in [7, 11) is 5.39. The molecule has 57 heavy (non-hydrogen) atoms. The van der Waals surface area contributed by atoms with Gasteiger partial charge in [-0.3, -0.25) is 9.59 Å². The summed E-state index contributed by atoms with van der Waals surface area (Å²) in [6.45, 7) is 4.58. The number of aliphatic carboxylic acids is 1. The van der Waals surface area contributed by atoms with E-state index in [2.05, 4.69) is 74.6 Å². The summed E-state index contributed by atoms with van der Waals surface area (Å²) in [6, 6.07) is -0.734. The molecule has 0 aromatic carbocycles. The van der Waals surface area contributed by atoms with Gasteiger partial charge >= 0.3 is 11.9 Å². The molecule has 0 heterocycles. The Kier molecular flexibility index (Phi) is 37.8. The predicted octanol–water partition coefficient (Wildman–Crippen LogP) is 11.2. The average molecular weight is 800 g/mol. The number of hydrogen-bond acceptors (Lipinski definition) is 7. The van der Waals surface area contributed by atoms with Gasteiger partial charge in [-0.25, -0.2) is 0 Å². The van der Waals surface area contributed by atoms with Gasteiger partial charge in [0.2, 0.25) is 0 Å². The lowest BCUT2D eigenvalue weighted by Gasteiger charge is -2.34. The molecule has 2 atom stereocenters. The molecule has 0 aliphatic carbocycles. The number of hydrogen-bond donors (Lipinski definition) is 0. The van der Waals surface area contributed by atoms with Crippen LogP contribution in [-0.2, 0) is 28.6 Å². The third-order valence-corrected chi connectivity index (χ3v) is 9.97. The summed E-state index contributed by atoms with van der Waals surface area (Å²) in [5.41, 5.74) is 0.